The lowest BCUT2D eigenvalue weighted by Crippen LogP contribution is -2.37. The van der Waals surface area contributed by atoms with Crippen molar-refractivity contribution in [3.8, 4) is 0 Å². The zero-order valence-corrected chi connectivity index (χ0v) is 9.76. The predicted molar refractivity (Wildman–Crippen MR) is 58.2 cm³/mol. The van der Waals surface area contributed by atoms with Gasteiger partial charge in [0.2, 0.25) is 10.0 Å². The second kappa shape index (κ2) is 4.80. The zero-order chi connectivity index (χ0) is 10.7. The Morgan fingerprint density at radius 1 is 1.13 bits per heavy atom. The predicted octanol–water partition coefficient (Wildman–Crippen LogP) is 1.03. The summed E-state index contributed by atoms with van der Waals surface area (Å²) in [6, 6.07) is 0.177. The van der Waals surface area contributed by atoms with Gasteiger partial charge in [-0.3, -0.25) is 0 Å². The van der Waals surface area contributed by atoms with Gasteiger partial charge in [-0.2, -0.15) is 0 Å². The van der Waals surface area contributed by atoms with Gasteiger partial charge in [-0.25, -0.2) is 13.1 Å². The third-order valence-electron chi connectivity index (χ3n) is 3.13. The summed E-state index contributed by atoms with van der Waals surface area (Å²) in [5.41, 5.74) is 0. The van der Waals surface area contributed by atoms with Crippen LogP contribution in [0.4, 0.5) is 0 Å². The Hall–Kier alpha value is -0.130. The van der Waals surface area contributed by atoms with Crippen LogP contribution in [0.5, 0.6) is 0 Å². The van der Waals surface area contributed by atoms with Crippen LogP contribution in [0.25, 0.3) is 0 Å². The van der Waals surface area contributed by atoms with Gasteiger partial charge in [0.1, 0.15) is 0 Å². The van der Waals surface area contributed by atoms with E-state index in [1.807, 2.05) is 0 Å². The first-order valence-corrected chi connectivity index (χ1v) is 7.42. The first-order valence-electron chi connectivity index (χ1n) is 5.77. The number of ether oxygens (including phenoxy) is 1. The quantitative estimate of drug-likeness (QED) is 0.789. The fourth-order valence-corrected chi connectivity index (χ4v) is 3.96. The zero-order valence-electron chi connectivity index (χ0n) is 8.94. The van der Waals surface area contributed by atoms with Crippen LogP contribution in [0.1, 0.15) is 38.5 Å². The summed E-state index contributed by atoms with van der Waals surface area (Å²) in [6.07, 6.45) is 6.06. The van der Waals surface area contributed by atoms with E-state index < -0.39 is 10.0 Å². The normalized spacial score (nSPS) is 28.7. The number of hydrogen-bond acceptors (Lipinski definition) is 3. The van der Waals surface area contributed by atoms with Crippen molar-refractivity contribution in [1.29, 1.82) is 0 Å². The molecule has 1 aliphatic heterocycles. The van der Waals surface area contributed by atoms with Crippen molar-refractivity contribution in [2.24, 2.45) is 0 Å². The smallest absolute Gasteiger partial charge is 0.214 e. The molecular formula is C10H19NO3S. The van der Waals surface area contributed by atoms with Crippen LogP contribution in [0, 0.1) is 0 Å². The van der Waals surface area contributed by atoms with E-state index in [1.165, 1.54) is 0 Å². The molecule has 0 aromatic carbocycles. The minimum atomic E-state index is -3.12. The number of hydrogen-bond donors (Lipinski definition) is 1. The molecule has 0 aromatic rings. The van der Waals surface area contributed by atoms with Crippen LogP contribution in [-0.2, 0) is 14.8 Å². The fourth-order valence-electron chi connectivity index (χ4n) is 2.37. The maximum Gasteiger partial charge on any atom is 0.214 e. The second-order valence-corrected chi connectivity index (χ2v) is 6.31. The van der Waals surface area contributed by atoms with Crippen LogP contribution >= 0.6 is 0 Å². The van der Waals surface area contributed by atoms with Crippen molar-refractivity contribution in [1.82, 2.24) is 4.72 Å². The maximum atomic E-state index is 11.8. The van der Waals surface area contributed by atoms with E-state index in [-0.39, 0.29) is 17.9 Å². The van der Waals surface area contributed by atoms with Gasteiger partial charge >= 0.3 is 0 Å². The van der Waals surface area contributed by atoms with Crippen molar-refractivity contribution < 1.29 is 13.2 Å². The van der Waals surface area contributed by atoms with Crippen LogP contribution < -0.4 is 4.72 Å². The van der Waals surface area contributed by atoms with Gasteiger partial charge in [0.05, 0.1) is 11.9 Å². The molecule has 5 heteroatoms. The van der Waals surface area contributed by atoms with Crippen LogP contribution in [-0.4, -0.2) is 32.9 Å². The van der Waals surface area contributed by atoms with Gasteiger partial charge in [0, 0.05) is 12.6 Å². The summed E-state index contributed by atoms with van der Waals surface area (Å²) in [6.45, 7) is 0.712. The monoisotopic (exact) mass is 233 g/mol. The van der Waals surface area contributed by atoms with Crippen LogP contribution in [0.2, 0.25) is 0 Å². The molecule has 1 aliphatic carbocycles. The molecule has 1 N–H and O–H groups in total. The maximum absolute atomic E-state index is 11.8. The molecule has 2 aliphatic rings. The van der Waals surface area contributed by atoms with Crippen molar-refractivity contribution in [2.75, 3.05) is 12.4 Å². The largest absolute Gasteiger partial charge is 0.377 e. The molecule has 1 heterocycles. The Balaban J connectivity index is 1.82. The van der Waals surface area contributed by atoms with E-state index in [4.69, 9.17) is 4.74 Å². The molecule has 0 spiro atoms. The molecule has 1 unspecified atom stereocenters. The minimum absolute atomic E-state index is 0.0797. The molecule has 2 rings (SSSR count). The van der Waals surface area contributed by atoms with E-state index >= 15 is 0 Å². The Labute approximate surface area is 91.4 Å². The molecular weight excluding hydrogens is 214 g/mol. The van der Waals surface area contributed by atoms with Crippen LogP contribution in [0.3, 0.4) is 0 Å². The van der Waals surface area contributed by atoms with Gasteiger partial charge in [-0.1, -0.05) is 12.8 Å². The molecule has 0 radical (unpaired) electrons. The third-order valence-corrected chi connectivity index (χ3v) is 4.63. The highest BCUT2D eigenvalue weighted by Crippen LogP contribution is 2.19. The Morgan fingerprint density at radius 3 is 2.47 bits per heavy atom. The summed E-state index contributed by atoms with van der Waals surface area (Å²) < 4.78 is 31.6. The lowest BCUT2D eigenvalue weighted by molar-refractivity contribution is 0.127. The molecule has 0 bridgehead atoms. The van der Waals surface area contributed by atoms with Crippen molar-refractivity contribution in [3.63, 3.8) is 0 Å². The molecule has 88 valence electrons. The summed E-state index contributed by atoms with van der Waals surface area (Å²) in [5.74, 6) is 0.142. The SMILES string of the molecule is O=S(=O)(CC1CCCO1)NC1CCCC1. The standard InChI is InChI=1S/C10H19NO3S/c12-15(13,8-10-6-3-7-14-10)11-9-4-1-2-5-9/h9-11H,1-8H2. The number of sulfonamides is 1. The fraction of sp³-hybridized carbons (Fsp3) is 1.00. The van der Waals surface area contributed by atoms with Crippen molar-refractivity contribution in [3.05, 3.63) is 0 Å². The molecule has 2 fully saturated rings. The lowest BCUT2D eigenvalue weighted by Gasteiger charge is -2.15. The van der Waals surface area contributed by atoms with Crippen molar-refractivity contribution >= 4 is 10.0 Å². The molecule has 4 nitrogen and oxygen atoms in total. The summed E-state index contributed by atoms with van der Waals surface area (Å²) in [7, 11) is -3.12. The lowest BCUT2D eigenvalue weighted by atomic mass is 10.3. The summed E-state index contributed by atoms with van der Waals surface area (Å²) >= 11 is 0. The third kappa shape index (κ3) is 3.43. The molecule has 1 atom stereocenters. The topological polar surface area (TPSA) is 55.4 Å². The Morgan fingerprint density at radius 2 is 1.87 bits per heavy atom. The second-order valence-electron chi connectivity index (χ2n) is 4.52. The molecule has 15 heavy (non-hydrogen) atoms. The Kier molecular flexibility index (Phi) is 3.64. The molecule has 0 amide bonds. The molecule has 1 saturated heterocycles. The highest BCUT2D eigenvalue weighted by molar-refractivity contribution is 7.89. The number of nitrogens with one attached hydrogen (secondary N) is 1. The van der Waals surface area contributed by atoms with Crippen LogP contribution in [0.15, 0.2) is 0 Å². The average Bonchev–Trinajstić information content (AvgIpc) is 2.75. The van der Waals surface area contributed by atoms with Gasteiger partial charge in [-0.05, 0) is 25.7 Å². The van der Waals surface area contributed by atoms with E-state index in [1.54, 1.807) is 0 Å². The van der Waals surface area contributed by atoms with Gasteiger partial charge in [-0.15, -0.1) is 0 Å². The van der Waals surface area contributed by atoms with E-state index in [2.05, 4.69) is 4.72 Å². The van der Waals surface area contributed by atoms with Gasteiger partial charge in [0.15, 0.2) is 0 Å². The summed E-state index contributed by atoms with van der Waals surface area (Å²) in [5, 5.41) is 0. The first-order chi connectivity index (χ1) is 7.16. The van der Waals surface area contributed by atoms with E-state index in [0.29, 0.717) is 6.61 Å². The van der Waals surface area contributed by atoms with E-state index in [0.717, 1.165) is 38.5 Å². The van der Waals surface area contributed by atoms with E-state index in [9.17, 15) is 8.42 Å². The van der Waals surface area contributed by atoms with Gasteiger partial charge < -0.3 is 4.74 Å². The molecule has 1 saturated carbocycles. The molecule has 0 aromatic heterocycles. The highest BCUT2D eigenvalue weighted by atomic mass is 32.2. The minimum Gasteiger partial charge on any atom is -0.377 e. The summed E-state index contributed by atoms with van der Waals surface area (Å²) in [4.78, 5) is 0. The first kappa shape index (κ1) is 11.4. The average molecular weight is 233 g/mol. The van der Waals surface area contributed by atoms with Crippen molar-refractivity contribution in [2.45, 2.75) is 50.7 Å². The Bertz CT molecular complexity index is 266. The number of rotatable bonds is 4. The highest BCUT2D eigenvalue weighted by Gasteiger charge is 2.26. The van der Waals surface area contributed by atoms with Gasteiger partial charge in [0.25, 0.3) is 0 Å².